The normalized spacial score (nSPS) is 15.5. The van der Waals surface area contributed by atoms with Crippen LogP contribution in [-0.2, 0) is 6.54 Å². The van der Waals surface area contributed by atoms with Gasteiger partial charge in [0.15, 0.2) is 5.69 Å². The molecule has 1 fully saturated rings. The fourth-order valence-corrected chi connectivity index (χ4v) is 2.76. The Bertz CT molecular complexity index is 748. The monoisotopic (exact) mass is 327 g/mol. The Labute approximate surface area is 139 Å². The van der Waals surface area contributed by atoms with E-state index in [2.05, 4.69) is 11.2 Å². The van der Waals surface area contributed by atoms with E-state index in [0.29, 0.717) is 38.0 Å². The number of primary amides is 1. The number of piperidine rings is 1. The molecule has 1 aliphatic rings. The summed E-state index contributed by atoms with van der Waals surface area (Å²) in [5.74, 6) is -0.654. The van der Waals surface area contributed by atoms with Gasteiger partial charge in [0.2, 0.25) is 0 Å². The van der Waals surface area contributed by atoms with E-state index in [4.69, 9.17) is 5.73 Å². The summed E-state index contributed by atoms with van der Waals surface area (Å²) in [5.41, 5.74) is 6.75. The Morgan fingerprint density at radius 3 is 2.75 bits per heavy atom. The number of nitrogens with zero attached hydrogens (tertiary/aromatic N) is 3. The molecule has 1 saturated heterocycles. The minimum Gasteiger partial charge on any atom is -0.393 e. The van der Waals surface area contributed by atoms with E-state index < -0.39 is 5.91 Å². The van der Waals surface area contributed by atoms with E-state index in [1.54, 1.807) is 21.8 Å². The Hall–Kier alpha value is -2.67. The third-order valence-corrected chi connectivity index (χ3v) is 4.08. The second kappa shape index (κ2) is 6.84. The van der Waals surface area contributed by atoms with Crippen LogP contribution >= 0.6 is 0 Å². The van der Waals surface area contributed by atoms with E-state index in [1.807, 2.05) is 18.2 Å². The first-order valence-electron chi connectivity index (χ1n) is 7.84. The van der Waals surface area contributed by atoms with Gasteiger partial charge in [-0.05, 0) is 30.5 Å². The Kier molecular flexibility index (Phi) is 4.61. The molecule has 3 N–H and O–H groups in total. The first-order valence-corrected chi connectivity index (χ1v) is 7.84. The van der Waals surface area contributed by atoms with E-state index in [0.717, 1.165) is 5.56 Å². The molecule has 7 heteroatoms. The lowest BCUT2D eigenvalue weighted by atomic mass is 10.1. The number of nitrogens with two attached hydrogens (primary N) is 1. The highest BCUT2D eigenvalue weighted by Gasteiger charge is 2.22. The molecular weight excluding hydrogens is 308 g/mol. The fourth-order valence-electron chi connectivity index (χ4n) is 2.76. The zero-order chi connectivity index (χ0) is 17.1. The quantitative estimate of drug-likeness (QED) is 0.850. The van der Waals surface area contributed by atoms with Crippen molar-refractivity contribution in [1.29, 1.82) is 0 Å². The van der Waals surface area contributed by atoms with Crippen LogP contribution in [0.2, 0.25) is 0 Å². The van der Waals surface area contributed by atoms with E-state index >= 15 is 0 Å². The summed E-state index contributed by atoms with van der Waals surface area (Å²) in [7, 11) is 0. The lowest BCUT2D eigenvalue weighted by molar-refractivity contribution is 0.0546. The summed E-state index contributed by atoms with van der Waals surface area (Å²) in [5, 5.41) is 13.6. The molecule has 3 rings (SSSR count). The predicted octanol–water partition coefficient (Wildman–Crippen LogP) is 0.427. The van der Waals surface area contributed by atoms with Gasteiger partial charge in [0.25, 0.3) is 11.8 Å². The fraction of sp³-hybridized carbons (Fsp3) is 0.353. The second-order valence-electron chi connectivity index (χ2n) is 5.91. The Morgan fingerprint density at radius 1 is 1.33 bits per heavy atom. The van der Waals surface area contributed by atoms with Crippen molar-refractivity contribution in [3.8, 4) is 0 Å². The summed E-state index contributed by atoms with van der Waals surface area (Å²) in [6.45, 7) is 1.56. The molecule has 0 spiro atoms. The average Bonchev–Trinajstić information content (AvgIpc) is 3.04. The van der Waals surface area contributed by atoms with E-state index in [-0.39, 0.29) is 17.7 Å². The van der Waals surface area contributed by atoms with Gasteiger partial charge in [-0.2, -0.15) is 5.10 Å². The highest BCUT2D eigenvalue weighted by molar-refractivity contribution is 5.94. The molecule has 2 heterocycles. The molecule has 0 bridgehead atoms. The maximum atomic E-state index is 12.6. The molecule has 0 unspecified atom stereocenters. The summed E-state index contributed by atoms with van der Waals surface area (Å²) < 4.78 is 1.56. The second-order valence-corrected chi connectivity index (χ2v) is 5.91. The van der Waals surface area contributed by atoms with Crippen molar-refractivity contribution in [3.05, 3.63) is 53.3 Å². The molecule has 0 atom stereocenters. The number of hydrogen-bond acceptors (Lipinski definition) is 4. The molecule has 1 aromatic heterocycles. The highest BCUT2D eigenvalue weighted by Crippen LogP contribution is 2.15. The third-order valence-electron chi connectivity index (χ3n) is 4.08. The molecule has 125 valence electrons. The number of carbonyl (C=O) groups is 2. The van der Waals surface area contributed by atoms with Gasteiger partial charge >= 0.3 is 0 Å². The van der Waals surface area contributed by atoms with Crippen molar-refractivity contribution in [2.24, 2.45) is 5.73 Å². The predicted molar refractivity (Wildman–Crippen MR) is 86.3 cm³/mol. The molecule has 7 nitrogen and oxygen atoms in total. The molecule has 2 aromatic rings. The lowest BCUT2D eigenvalue weighted by Gasteiger charge is -2.29. The van der Waals surface area contributed by atoms with Gasteiger partial charge in [-0.3, -0.25) is 14.3 Å². The molecule has 0 aliphatic carbocycles. The number of aliphatic hydroxyl groups excluding tert-OH is 1. The van der Waals surface area contributed by atoms with Gasteiger partial charge < -0.3 is 15.7 Å². The number of rotatable bonds is 4. The Morgan fingerprint density at radius 2 is 2.08 bits per heavy atom. The Balaban J connectivity index is 1.71. The SMILES string of the molecule is NC(=O)c1[c]cn(Cc2cccc(C(=O)N3CCC(O)CC3)c2)n1. The molecule has 24 heavy (non-hydrogen) atoms. The van der Waals surface area contributed by atoms with Crippen LogP contribution in [0.1, 0.15) is 39.3 Å². The lowest BCUT2D eigenvalue weighted by Crippen LogP contribution is -2.40. The minimum atomic E-state index is -0.620. The molecule has 1 aromatic carbocycles. The van der Waals surface area contributed by atoms with Gasteiger partial charge in [0.1, 0.15) is 0 Å². The zero-order valence-corrected chi connectivity index (χ0v) is 13.2. The maximum absolute atomic E-state index is 12.6. The summed E-state index contributed by atoms with van der Waals surface area (Å²) >= 11 is 0. The maximum Gasteiger partial charge on any atom is 0.269 e. The highest BCUT2D eigenvalue weighted by atomic mass is 16.3. The molecule has 1 radical (unpaired) electrons. The average molecular weight is 327 g/mol. The third kappa shape index (κ3) is 3.62. The molecule has 0 saturated carbocycles. The van der Waals surface area contributed by atoms with Crippen LogP contribution in [0.25, 0.3) is 0 Å². The number of amides is 2. The smallest absolute Gasteiger partial charge is 0.269 e. The van der Waals surface area contributed by atoms with Gasteiger partial charge in [-0.25, -0.2) is 0 Å². The van der Waals surface area contributed by atoms with Crippen molar-refractivity contribution in [2.45, 2.75) is 25.5 Å². The van der Waals surface area contributed by atoms with Crippen molar-refractivity contribution in [2.75, 3.05) is 13.1 Å². The molecular formula is C17H19N4O3. The number of carbonyl (C=O) groups excluding carboxylic acids is 2. The van der Waals surface area contributed by atoms with E-state index in [1.165, 1.54) is 0 Å². The van der Waals surface area contributed by atoms with Gasteiger partial charge in [0, 0.05) is 30.9 Å². The largest absolute Gasteiger partial charge is 0.393 e. The van der Waals surface area contributed by atoms with Crippen molar-refractivity contribution in [1.82, 2.24) is 14.7 Å². The number of benzene rings is 1. The standard InChI is InChI=1S/C17H19N4O3/c18-16(23)15-6-9-21(19-15)11-12-2-1-3-13(10-12)17(24)20-7-4-14(22)5-8-20/h1-3,9-10,14,22H,4-5,7-8,11H2,(H2,18,23). The van der Waals surface area contributed by atoms with Gasteiger partial charge in [-0.15, -0.1) is 0 Å². The summed E-state index contributed by atoms with van der Waals surface area (Å²) in [6, 6.07) is 10.0. The van der Waals surface area contributed by atoms with Crippen molar-refractivity contribution < 1.29 is 14.7 Å². The van der Waals surface area contributed by atoms with Crippen LogP contribution in [0.3, 0.4) is 0 Å². The topological polar surface area (TPSA) is 101 Å². The molecule has 2 amide bonds. The van der Waals surface area contributed by atoms with Crippen LogP contribution < -0.4 is 5.73 Å². The van der Waals surface area contributed by atoms with Crippen LogP contribution in [0.5, 0.6) is 0 Å². The first kappa shape index (κ1) is 16.2. The van der Waals surface area contributed by atoms with Gasteiger partial charge in [-0.1, -0.05) is 12.1 Å². The molecule has 1 aliphatic heterocycles. The van der Waals surface area contributed by atoms with Crippen LogP contribution in [-0.4, -0.2) is 50.8 Å². The zero-order valence-electron chi connectivity index (χ0n) is 13.2. The van der Waals surface area contributed by atoms with E-state index in [9.17, 15) is 14.7 Å². The van der Waals surface area contributed by atoms with Crippen LogP contribution in [0, 0.1) is 6.07 Å². The number of likely N-dealkylation sites (tertiary alicyclic amines) is 1. The minimum absolute atomic E-state index is 0.0337. The van der Waals surface area contributed by atoms with Crippen molar-refractivity contribution in [3.63, 3.8) is 0 Å². The number of aliphatic hydroxyl groups is 1. The van der Waals surface area contributed by atoms with Crippen LogP contribution in [0.15, 0.2) is 30.5 Å². The summed E-state index contributed by atoms with van der Waals surface area (Å²) in [6.07, 6.45) is 2.48. The number of aromatic nitrogens is 2. The van der Waals surface area contributed by atoms with Crippen LogP contribution in [0.4, 0.5) is 0 Å². The van der Waals surface area contributed by atoms with Gasteiger partial charge in [0.05, 0.1) is 12.6 Å². The number of hydrogen-bond donors (Lipinski definition) is 2. The summed E-state index contributed by atoms with van der Waals surface area (Å²) in [4.78, 5) is 25.4. The van der Waals surface area contributed by atoms with Crippen molar-refractivity contribution >= 4 is 11.8 Å². The first-order chi connectivity index (χ1) is 11.5.